The van der Waals surface area contributed by atoms with Crippen molar-refractivity contribution >= 4 is 18.0 Å². The Bertz CT molecular complexity index is 1090. The van der Waals surface area contributed by atoms with Crippen molar-refractivity contribution in [1.82, 2.24) is 10.6 Å². The van der Waals surface area contributed by atoms with Crippen molar-refractivity contribution < 1.29 is 46.9 Å². The second kappa shape index (κ2) is 11.4. The van der Waals surface area contributed by atoms with E-state index in [2.05, 4.69) is 5.32 Å². The SMILES string of the molecule is CC(C)(C)OC(=O)N[C@H](Cc1ccccc1)[C@H](O)C(=O)N[C@H](C(=O)O)c1ccc(F)c(C(F)(F)F)c1. The van der Waals surface area contributed by atoms with Crippen LogP contribution in [0, 0.1) is 5.82 Å². The second-order valence-corrected chi connectivity index (χ2v) is 8.90. The molecular weight excluding hydrogens is 488 g/mol. The van der Waals surface area contributed by atoms with Crippen molar-refractivity contribution in [1.29, 1.82) is 0 Å². The van der Waals surface area contributed by atoms with E-state index in [1.165, 1.54) is 0 Å². The quantitative estimate of drug-likeness (QED) is 0.399. The number of aliphatic hydroxyl groups is 1. The number of carboxylic acids is 1. The Morgan fingerprint density at radius 1 is 1.00 bits per heavy atom. The molecule has 0 aliphatic rings. The van der Waals surface area contributed by atoms with Crippen molar-refractivity contribution in [2.24, 2.45) is 0 Å². The molecule has 2 aromatic rings. The number of ether oxygens (including phenoxy) is 1. The van der Waals surface area contributed by atoms with Gasteiger partial charge in [0.25, 0.3) is 5.91 Å². The number of hydrogen-bond donors (Lipinski definition) is 4. The van der Waals surface area contributed by atoms with E-state index in [1.54, 1.807) is 51.1 Å². The smallest absolute Gasteiger partial charge is 0.419 e. The van der Waals surface area contributed by atoms with E-state index in [0.29, 0.717) is 11.6 Å². The monoisotopic (exact) mass is 514 g/mol. The molecule has 0 aliphatic carbocycles. The first-order valence-electron chi connectivity index (χ1n) is 10.7. The molecule has 2 aromatic carbocycles. The van der Waals surface area contributed by atoms with Gasteiger partial charge in [0.15, 0.2) is 12.1 Å². The summed E-state index contributed by atoms with van der Waals surface area (Å²) in [4.78, 5) is 36.8. The number of aliphatic hydroxyl groups excluding tert-OH is 1. The summed E-state index contributed by atoms with van der Waals surface area (Å²) in [5, 5.41) is 24.5. The van der Waals surface area contributed by atoms with Crippen LogP contribution >= 0.6 is 0 Å². The van der Waals surface area contributed by atoms with E-state index in [-0.39, 0.29) is 12.5 Å². The molecular formula is C24H26F4N2O6. The van der Waals surface area contributed by atoms with Crippen LogP contribution in [-0.4, -0.2) is 45.9 Å². The highest BCUT2D eigenvalue weighted by molar-refractivity contribution is 5.88. The van der Waals surface area contributed by atoms with Crippen molar-refractivity contribution in [3.05, 3.63) is 71.0 Å². The summed E-state index contributed by atoms with van der Waals surface area (Å²) in [5.74, 6) is -4.67. The third kappa shape index (κ3) is 8.22. The summed E-state index contributed by atoms with van der Waals surface area (Å²) >= 11 is 0. The molecule has 0 saturated heterocycles. The lowest BCUT2D eigenvalue weighted by Gasteiger charge is -2.27. The van der Waals surface area contributed by atoms with Gasteiger partial charge in [0, 0.05) is 0 Å². The molecule has 0 bridgehead atoms. The van der Waals surface area contributed by atoms with Gasteiger partial charge in [0.05, 0.1) is 11.6 Å². The first kappa shape index (κ1) is 28.6. The number of carbonyl (C=O) groups is 3. The van der Waals surface area contributed by atoms with E-state index in [9.17, 15) is 42.2 Å². The van der Waals surface area contributed by atoms with Gasteiger partial charge >= 0.3 is 18.2 Å². The highest BCUT2D eigenvalue weighted by Gasteiger charge is 2.37. The van der Waals surface area contributed by atoms with Gasteiger partial charge in [-0.05, 0) is 50.5 Å². The first-order valence-corrected chi connectivity index (χ1v) is 10.7. The average molecular weight is 514 g/mol. The maximum Gasteiger partial charge on any atom is 0.419 e. The van der Waals surface area contributed by atoms with Crippen LogP contribution in [0.3, 0.4) is 0 Å². The normalized spacial score (nSPS) is 14.3. The molecule has 0 aromatic heterocycles. The van der Waals surface area contributed by atoms with E-state index >= 15 is 0 Å². The van der Waals surface area contributed by atoms with E-state index in [1.807, 2.05) is 5.32 Å². The van der Waals surface area contributed by atoms with Gasteiger partial charge in [-0.3, -0.25) is 4.79 Å². The number of halogens is 4. The van der Waals surface area contributed by atoms with Crippen LogP contribution in [0.4, 0.5) is 22.4 Å². The summed E-state index contributed by atoms with van der Waals surface area (Å²) < 4.78 is 58.0. The van der Waals surface area contributed by atoms with E-state index in [0.717, 1.165) is 6.07 Å². The Hall–Kier alpha value is -3.67. The van der Waals surface area contributed by atoms with Crippen molar-refractivity contribution in [3.63, 3.8) is 0 Å². The summed E-state index contributed by atoms with van der Waals surface area (Å²) in [6.45, 7) is 4.78. The fourth-order valence-corrected chi connectivity index (χ4v) is 3.21. The summed E-state index contributed by atoms with van der Waals surface area (Å²) in [6.07, 6.45) is -8.16. The van der Waals surface area contributed by atoms with Crippen LogP contribution in [0.1, 0.15) is 43.5 Å². The lowest BCUT2D eigenvalue weighted by Crippen LogP contribution is -2.53. The molecule has 0 unspecified atom stereocenters. The third-order valence-corrected chi connectivity index (χ3v) is 4.81. The number of hydrogen-bond acceptors (Lipinski definition) is 5. The average Bonchev–Trinajstić information content (AvgIpc) is 2.75. The van der Waals surface area contributed by atoms with Gasteiger partial charge in [-0.15, -0.1) is 0 Å². The number of amides is 2. The number of alkyl halides is 3. The highest BCUT2D eigenvalue weighted by atomic mass is 19.4. The maximum atomic E-state index is 13.6. The molecule has 2 rings (SSSR count). The molecule has 0 radical (unpaired) electrons. The zero-order chi connectivity index (χ0) is 27.3. The zero-order valence-electron chi connectivity index (χ0n) is 19.6. The van der Waals surface area contributed by atoms with Crippen molar-refractivity contribution in [2.75, 3.05) is 0 Å². The molecule has 0 spiro atoms. The predicted molar refractivity (Wildman–Crippen MR) is 119 cm³/mol. The second-order valence-electron chi connectivity index (χ2n) is 8.90. The number of alkyl carbamates (subject to hydrolysis) is 1. The molecule has 0 aliphatic heterocycles. The molecule has 0 heterocycles. The van der Waals surface area contributed by atoms with Gasteiger partial charge in [-0.1, -0.05) is 36.4 Å². The number of rotatable bonds is 8. The Morgan fingerprint density at radius 2 is 1.61 bits per heavy atom. The zero-order valence-corrected chi connectivity index (χ0v) is 19.6. The number of carbonyl (C=O) groups excluding carboxylic acids is 2. The van der Waals surface area contributed by atoms with Gasteiger partial charge in [0.1, 0.15) is 11.4 Å². The summed E-state index contributed by atoms with van der Waals surface area (Å²) in [7, 11) is 0. The lowest BCUT2D eigenvalue weighted by atomic mass is 9.99. The number of nitrogens with one attached hydrogen (secondary N) is 2. The molecule has 2 amide bonds. The molecule has 36 heavy (non-hydrogen) atoms. The minimum atomic E-state index is -5.11. The first-order chi connectivity index (χ1) is 16.6. The molecule has 3 atom stereocenters. The van der Waals surface area contributed by atoms with Crippen LogP contribution in [0.2, 0.25) is 0 Å². The molecule has 12 heteroatoms. The van der Waals surface area contributed by atoms with Crippen LogP contribution in [0.5, 0.6) is 0 Å². The Labute approximate surface area is 204 Å². The predicted octanol–water partition coefficient (Wildman–Crippen LogP) is 3.58. The lowest BCUT2D eigenvalue weighted by molar-refractivity contribution is -0.144. The fourth-order valence-electron chi connectivity index (χ4n) is 3.21. The van der Waals surface area contributed by atoms with Gasteiger partial charge < -0.3 is 25.6 Å². The van der Waals surface area contributed by atoms with Crippen molar-refractivity contribution in [3.8, 4) is 0 Å². The highest BCUT2D eigenvalue weighted by Crippen LogP contribution is 2.33. The standard InChI is InChI=1S/C24H26F4N2O6/c1-23(2,3)36-22(35)29-17(11-13-7-5-4-6-8-13)19(31)20(32)30-18(21(33)34)14-9-10-16(25)15(12-14)24(26,27)28/h4-10,12,17-19,31H,11H2,1-3H3,(H,29,35)(H,30,32)(H,33,34)/t17-,18+,19+/m1/s1. The van der Waals surface area contributed by atoms with Gasteiger partial charge in [-0.25, -0.2) is 14.0 Å². The maximum absolute atomic E-state index is 13.6. The van der Waals surface area contributed by atoms with Crippen LogP contribution in [-0.2, 0) is 26.9 Å². The van der Waals surface area contributed by atoms with Crippen LogP contribution in [0.15, 0.2) is 48.5 Å². The van der Waals surface area contributed by atoms with Gasteiger partial charge in [0.2, 0.25) is 0 Å². The molecule has 0 saturated carbocycles. The summed E-state index contributed by atoms with van der Waals surface area (Å²) in [6, 6.07) is 6.52. The Morgan fingerprint density at radius 3 is 2.14 bits per heavy atom. The number of aliphatic carboxylic acids is 1. The largest absolute Gasteiger partial charge is 0.479 e. The Balaban J connectivity index is 2.30. The van der Waals surface area contributed by atoms with Crippen LogP contribution in [0.25, 0.3) is 0 Å². The molecule has 4 N–H and O–H groups in total. The third-order valence-electron chi connectivity index (χ3n) is 4.81. The minimum Gasteiger partial charge on any atom is -0.479 e. The molecule has 8 nitrogen and oxygen atoms in total. The molecule has 196 valence electrons. The molecule has 0 fully saturated rings. The minimum absolute atomic E-state index is 0.0683. The topological polar surface area (TPSA) is 125 Å². The van der Waals surface area contributed by atoms with E-state index < -0.39 is 64.9 Å². The van der Waals surface area contributed by atoms with Crippen molar-refractivity contribution in [2.45, 2.75) is 57.2 Å². The Kier molecular flexibility index (Phi) is 9.03. The fraction of sp³-hybridized carbons (Fsp3) is 0.375. The van der Waals surface area contributed by atoms with Crippen LogP contribution < -0.4 is 10.6 Å². The summed E-state index contributed by atoms with van der Waals surface area (Å²) in [5.41, 5.74) is -2.58. The van der Waals surface area contributed by atoms with Gasteiger partial charge in [-0.2, -0.15) is 13.2 Å². The number of benzene rings is 2. The van der Waals surface area contributed by atoms with E-state index in [4.69, 9.17) is 4.74 Å². The number of carboxylic acid groups (broad SMARTS) is 1.